The monoisotopic (exact) mass is 304 g/mol. The number of nitro groups is 1. The van der Waals surface area contributed by atoms with Crippen LogP contribution < -0.4 is 5.43 Å². The Bertz CT molecular complexity index is 885. The summed E-state index contributed by atoms with van der Waals surface area (Å²) < 4.78 is 1.52. The van der Waals surface area contributed by atoms with E-state index in [0.717, 1.165) is 6.07 Å². The van der Waals surface area contributed by atoms with Crippen LogP contribution in [0, 0.1) is 10.1 Å². The number of hydrogen-bond acceptors (Lipinski definition) is 5. The molecule has 0 amide bonds. The van der Waals surface area contributed by atoms with Gasteiger partial charge in [-0.1, -0.05) is 0 Å². The first kappa shape index (κ1) is 14.2. The Hall–Kier alpha value is -2.74. The summed E-state index contributed by atoms with van der Waals surface area (Å²) in [6.45, 7) is 1.75. The van der Waals surface area contributed by atoms with Crippen LogP contribution in [0.25, 0.3) is 10.9 Å². The molecule has 3 rings (SSSR count). The number of benzene rings is 1. The van der Waals surface area contributed by atoms with E-state index in [1.54, 1.807) is 6.92 Å². The second kappa shape index (κ2) is 4.63. The van der Waals surface area contributed by atoms with Gasteiger partial charge in [0.15, 0.2) is 0 Å². The summed E-state index contributed by atoms with van der Waals surface area (Å²) >= 11 is 0. The van der Waals surface area contributed by atoms with Gasteiger partial charge in [0.05, 0.1) is 16.5 Å². The summed E-state index contributed by atoms with van der Waals surface area (Å²) in [5.74, 6) is -1.44. The van der Waals surface area contributed by atoms with E-state index in [-0.39, 0.29) is 16.9 Å². The van der Waals surface area contributed by atoms with Crippen LogP contribution in [0.2, 0.25) is 0 Å². The van der Waals surface area contributed by atoms with Gasteiger partial charge in [-0.15, -0.1) is 0 Å². The van der Waals surface area contributed by atoms with E-state index in [1.165, 1.54) is 16.8 Å². The fraction of sp³-hybridized carbons (Fsp3) is 0.286. The molecule has 114 valence electrons. The highest BCUT2D eigenvalue weighted by molar-refractivity contribution is 5.97. The zero-order chi connectivity index (χ0) is 16.2. The number of aromatic carboxylic acids is 1. The van der Waals surface area contributed by atoms with Crippen molar-refractivity contribution in [1.82, 2.24) is 4.57 Å². The number of hydrogen-bond donors (Lipinski definition) is 2. The van der Waals surface area contributed by atoms with E-state index < -0.39 is 33.7 Å². The molecule has 8 nitrogen and oxygen atoms in total. The average Bonchev–Trinajstić information content (AvgIpc) is 2.44. The molecule has 0 saturated carbocycles. The van der Waals surface area contributed by atoms with Crippen LogP contribution >= 0.6 is 0 Å². The SMILES string of the molecule is CC1CC(O)c2ccc([N+](=O)[O-])c3c(=O)c(C(=O)O)cn1c23. The second-order valence-corrected chi connectivity index (χ2v) is 5.34. The number of aromatic nitrogens is 1. The van der Waals surface area contributed by atoms with E-state index in [1.807, 2.05) is 0 Å². The molecule has 8 heteroatoms. The minimum Gasteiger partial charge on any atom is -0.477 e. The highest BCUT2D eigenvalue weighted by Gasteiger charge is 2.31. The van der Waals surface area contributed by atoms with E-state index in [2.05, 4.69) is 0 Å². The van der Waals surface area contributed by atoms with Crippen molar-refractivity contribution in [3.05, 3.63) is 49.8 Å². The highest BCUT2D eigenvalue weighted by atomic mass is 16.6. The lowest BCUT2D eigenvalue weighted by molar-refractivity contribution is -0.383. The molecule has 2 aromatic rings. The minimum absolute atomic E-state index is 0.232. The van der Waals surface area contributed by atoms with Gasteiger partial charge in [0, 0.05) is 23.9 Å². The van der Waals surface area contributed by atoms with Crippen molar-refractivity contribution < 1.29 is 19.9 Å². The van der Waals surface area contributed by atoms with Crippen LogP contribution in [-0.4, -0.2) is 25.7 Å². The molecular weight excluding hydrogens is 292 g/mol. The predicted molar refractivity (Wildman–Crippen MR) is 76.1 cm³/mol. The number of carboxylic acids is 1. The first-order valence-corrected chi connectivity index (χ1v) is 6.60. The maximum absolute atomic E-state index is 12.4. The number of aliphatic hydroxyl groups excluding tert-OH is 1. The van der Waals surface area contributed by atoms with Crippen LogP contribution in [0.5, 0.6) is 0 Å². The van der Waals surface area contributed by atoms with Crippen molar-refractivity contribution in [1.29, 1.82) is 0 Å². The smallest absolute Gasteiger partial charge is 0.341 e. The number of non-ortho nitro benzene ring substituents is 1. The molecule has 2 N–H and O–H groups in total. The van der Waals surface area contributed by atoms with Crippen molar-refractivity contribution in [3.63, 3.8) is 0 Å². The van der Waals surface area contributed by atoms with Gasteiger partial charge in [-0.05, 0) is 19.4 Å². The maximum atomic E-state index is 12.4. The van der Waals surface area contributed by atoms with Gasteiger partial charge in [0.2, 0.25) is 5.43 Å². The third-order valence-corrected chi connectivity index (χ3v) is 4.01. The lowest BCUT2D eigenvalue weighted by Crippen LogP contribution is -2.26. The molecule has 0 fully saturated rings. The number of aliphatic hydroxyl groups is 1. The molecule has 0 aliphatic carbocycles. The van der Waals surface area contributed by atoms with Crippen molar-refractivity contribution >= 4 is 22.6 Å². The number of rotatable bonds is 2. The number of carbonyl (C=O) groups is 1. The van der Waals surface area contributed by atoms with E-state index in [0.29, 0.717) is 12.0 Å². The Morgan fingerprint density at radius 2 is 2.14 bits per heavy atom. The van der Waals surface area contributed by atoms with E-state index in [4.69, 9.17) is 5.11 Å². The molecule has 22 heavy (non-hydrogen) atoms. The lowest BCUT2D eigenvalue weighted by Gasteiger charge is -2.29. The first-order valence-electron chi connectivity index (χ1n) is 6.60. The molecule has 0 radical (unpaired) electrons. The topological polar surface area (TPSA) is 123 Å². The standard InChI is InChI=1S/C14H12N2O6/c1-6-4-10(17)7-2-3-9(16(21)22)11-12(7)15(6)5-8(13(11)18)14(19)20/h2-3,5-6,10,17H,4H2,1H3,(H,19,20). The first-order chi connectivity index (χ1) is 10.3. The van der Waals surface area contributed by atoms with Gasteiger partial charge >= 0.3 is 5.97 Å². The van der Waals surface area contributed by atoms with Gasteiger partial charge in [0.1, 0.15) is 10.9 Å². The zero-order valence-corrected chi connectivity index (χ0v) is 11.5. The Balaban J connectivity index is 2.60. The fourth-order valence-electron chi connectivity index (χ4n) is 2.98. The molecule has 2 unspecified atom stereocenters. The number of carboxylic acid groups (broad SMARTS) is 1. The van der Waals surface area contributed by atoms with Gasteiger partial charge < -0.3 is 14.8 Å². The summed E-state index contributed by atoms with van der Waals surface area (Å²) in [4.78, 5) is 34.1. The largest absolute Gasteiger partial charge is 0.477 e. The molecule has 1 aliphatic heterocycles. The summed E-state index contributed by atoms with van der Waals surface area (Å²) in [7, 11) is 0. The van der Waals surface area contributed by atoms with Crippen molar-refractivity contribution in [2.24, 2.45) is 0 Å². The van der Waals surface area contributed by atoms with Gasteiger partial charge in [0.25, 0.3) is 5.69 Å². The summed E-state index contributed by atoms with van der Waals surface area (Å²) in [5.41, 5.74) is -1.25. The van der Waals surface area contributed by atoms with Crippen LogP contribution in [0.4, 0.5) is 5.69 Å². The molecule has 0 bridgehead atoms. The normalized spacial score (nSPS) is 20.1. The van der Waals surface area contributed by atoms with Gasteiger partial charge in [-0.3, -0.25) is 14.9 Å². The molecule has 2 heterocycles. The molecule has 2 atom stereocenters. The Morgan fingerprint density at radius 1 is 1.45 bits per heavy atom. The molecule has 1 aromatic heterocycles. The quantitative estimate of drug-likeness (QED) is 0.641. The summed E-state index contributed by atoms with van der Waals surface area (Å²) in [6, 6.07) is 2.26. The van der Waals surface area contributed by atoms with Gasteiger partial charge in [-0.25, -0.2) is 4.79 Å². The number of nitrogens with zero attached hydrogens (tertiary/aromatic N) is 2. The number of nitro benzene ring substituents is 1. The molecule has 1 aromatic carbocycles. The summed E-state index contributed by atoms with van der Waals surface area (Å²) in [6.07, 6.45) is 0.673. The Morgan fingerprint density at radius 3 is 2.73 bits per heavy atom. The Labute approximate surface area is 123 Å². The third kappa shape index (κ3) is 1.81. The third-order valence-electron chi connectivity index (χ3n) is 4.01. The van der Waals surface area contributed by atoms with Crippen molar-refractivity contribution in [2.45, 2.75) is 25.5 Å². The van der Waals surface area contributed by atoms with Crippen LogP contribution in [0.1, 0.15) is 41.4 Å². The molecular formula is C14H12N2O6. The minimum atomic E-state index is -1.44. The highest BCUT2D eigenvalue weighted by Crippen LogP contribution is 2.38. The molecule has 1 aliphatic rings. The maximum Gasteiger partial charge on any atom is 0.341 e. The zero-order valence-electron chi connectivity index (χ0n) is 11.5. The van der Waals surface area contributed by atoms with Crippen LogP contribution in [-0.2, 0) is 0 Å². The Kier molecular flexibility index (Phi) is 2.99. The fourth-order valence-corrected chi connectivity index (χ4v) is 2.98. The average molecular weight is 304 g/mol. The molecule has 0 spiro atoms. The van der Waals surface area contributed by atoms with E-state index in [9.17, 15) is 24.8 Å². The number of pyridine rings is 1. The lowest BCUT2D eigenvalue weighted by atomic mass is 9.93. The predicted octanol–water partition coefficient (Wildman–Crippen LogP) is 1.61. The van der Waals surface area contributed by atoms with Crippen LogP contribution in [0.3, 0.4) is 0 Å². The van der Waals surface area contributed by atoms with Crippen molar-refractivity contribution in [2.75, 3.05) is 0 Å². The van der Waals surface area contributed by atoms with Crippen molar-refractivity contribution in [3.8, 4) is 0 Å². The molecule has 0 saturated heterocycles. The van der Waals surface area contributed by atoms with Crippen LogP contribution in [0.15, 0.2) is 23.1 Å². The summed E-state index contributed by atoms with van der Waals surface area (Å²) in [5, 5.41) is 30.2. The van der Waals surface area contributed by atoms with E-state index >= 15 is 0 Å². The second-order valence-electron chi connectivity index (χ2n) is 5.34. The van der Waals surface area contributed by atoms with Gasteiger partial charge in [-0.2, -0.15) is 0 Å².